The molecule has 3 aromatic rings. The quantitative estimate of drug-likeness (QED) is 0.506. The zero-order chi connectivity index (χ0) is 19.7. The fraction of sp³-hybridized carbons (Fsp3) is 0. The molecule has 0 unspecified atom stereocenters. The smallest absolute Gasteiger partial charge is 0.336 e. The normalized spacial score (nSPS) is 10.6. The number of carbonyl (C=O) groups is 1. The molecule has 12 heteroatoms. The van der Waals surface area contributed by atoms with E-state index >= 15 is 0 Å². The maximum atomic E-state index is 11.3. The van der Waals surface area contributed by atoms with Gasteiger partial charge in [0.1, 0.15) is 5.02 Å². The molecule has 0 aliphatic rings. The van der Waals surface area contributed by atoms with Crippen LogP contribution in [0.1, 0.15) is 10.4 Å². The summed E-state index contributed by atoms with van der Waals surface area (Å²) in [7, 11) is 0. The molecule has 0 aliphatic carbocycles. The summed E-state index contributed by atoms with van der Waals surface area (Å²) in [5.41, 5.74) is -1.51. The van der Waals surface area contributed by atoms with Crippen molar-refractivity contribution in [3.8, 4) is 22.9 Å². The van der Waals surface area contributed by atoms with Gasteiger partial charge >= 0.3 is 5.97 Å². The molecule has 0 bridgehead atoms. The number of nitro benzene ring substituents is 2. The fourth-order valence-electron chi connectivity index (χ4n) is 2.29. The Morgan fingerprint density at radius 2 is 1.67 bits per heavy atom. The van der Waals surface area contributed by atoms with Crippen molar-refractivity contribution < 1.29 is 24.2 Å². The van der Waals surface area contributed by atoms with Crippen molar-refractivity contribution in [1.82, 2.24) is 10.2 Å². The van der Waals surface area contributed by atoms with Gasteiger partial charge in [-0.05, 0) is 12.1 Å². The zero-order valence-electron chi connectivity index (χ0n) is 13.0. The number of carboxylic acids is 1. The summed E-state index contributed by atoms with van der Waals surface area (Å²) in [5, 5.41) is 38.3. The van der Waals surface area contributed by atoms with Crippen LogP contribution in [0.15, 0.2) is 40.8 Å². The topological polar surface area (TPSA) is 162 Å². The standard InChI is InChI=1S/C15H7ClN4O7/c16-12-10(5-7(19(23)24)6-11(12)20(25)26)14-18-17-13(27-14)8-3-1-2-4-9(8)15(21)22/h1-6H,(H,21,22). The highest BCUT2D eigenvalue weighted by molar-refractivity contribution is 6.35. The molecule has 3 rings (SSSR count). The van der Waals surface area contributed by atoms with Gasteiger partial charge in [-0.15, -0.1) is 10.2 Å². The number of rotatable bonds is 5. The third kappa shape index (κ3) is 3.30. The second-order valence-electron chi connectivity index (χ2n) is 5.10. The molecule has 136 valence electrons. The first kappa shape index (κ1) is 17.9. The summed E-state index contributed by atoms with van der Waals surface area (Å²) in [6.07, 6.45) is 0. The van der Waals surface area contributed by atoms with Gasteiger partial charge < -0.3 is 9.52 Å². The Labute approximate surface area is 154 Å². The summed E-state index contributed by atoms with van der Waals surface area (Å²) in [6, 6.07) is 7.48. The van der Waals surface area contributed by atoms with Crippen LogP contribution in [0.4, 0.5) is 11.4 Å². The number of hydrogen-bond acceptors (Lipinski definition) is 8. The molecule has 0 radical (unpaired) electrons. The average molecular weight is 391 g/mol. The maximum Gasteiger partial charge on any atom is 0.336 e. The first-order valence-corrected chi connectivity index (χ1v) is 7.46. The lowest BCUT2D eigenvalue weighted by Gasteiger charge is -2.02. The molecular formula is C15H7ClN4O7. The predicted octanol–water partition coefficient (Wildman–Crippen LogP) is 3.57. The molecule has 0 saturated carbocycles. The van der Waals surface area contributed by atoms with Gasteiger partial charge in [0.15, 0.2) is 0 Å². The number of benzene rings is 2. The van der Waals surface area contributed by atoms with Gasteiger partial charge in [-0.3, -0.25) is 20.2 Å². The van der Waals surface area contributed by atoms with E-state index in [1.165, 1.54) is 18.2 Å². The fourth-order valence-corrected chi connectivity index (χ4v) is 2.54. The number of aromatic nitrogens is 2. The number of halogens is 1. The van der Waals surface area contributed by atoms with E-state index in [0.29, 0.717) is 6.07 Å². The minimum absolute atomic E-state index is 0.108. The molecule has 1 heterocycles. The van der Waals surface area contributed by atoms with Gasteiger partial charge in [0, 0.05) is 6.07 Å². The molecular weight excluding hydrogens is 384 g/mol. The average Bonchev–Trinajstić information content (AvgIpc) is 3.11. The Hall–Kier alpha value is -3.86. The molecule has 0 saturated heterocycles. The monoisotopic (exact) mass is 390 g/mol. The van der Waals surface area contributed by atoms with Crippen molar-refractivity contribution in [3.63, 3.8) is 0 Å². The van der Waals surface area contributed by atoms with Crippen LogP contribution in [0, 0.1) is 20.2 Å². The molecule has 2 aromatic carbocycles. The molecule has 0 atom stereocenters. The Kier molecular flexibility index (Phi) is 4.52. The van der Waals surface area contributed by atoms with E-state index in [1.807, 2.05) is 0 Å². The molecule has 0 aliphatic heterocycles. The predicted molar refractivity (Wildman–Crippen MR) is 90.4 cm³/mol. The van der Waals surface area contributed by atoms with Crippen molar-refractivity contribution >= 4 is 28.9 Å². The molecule has 0 amide bonds. The Morgan fingerprint density at radius 3 is 2.26 bits per heavy atom. The Bertz CT molecular complexity index is 1100. The molecule has 1 N–H and O–H groups in total. The van der Waals surface area contributed by atoms with Crippen LogP contribution in [0.3, 0.4) is 0 Å². The minimum atomic E-state index is -1.23. The van der Waals surface area contributed by atoms with Gasteiger partial charge in [-0.1, -0.05) is 23.7 Å². The highest BCUT2D eigenvalue weighted by Crippen LogP contribution is 2.39. The van der Waals surface area contributed by atoms with Crippen LogP contribution in [-0.2, 0) is 0 Å². The van der Waals surface area contributed by atoms with Crippen LogP contribution in [0.5, 0.6) is 0 Å². The summed E-state index contributed by atoms with van der Waals surface area (Å²) < 4.78 is 5.38. The second kappa shape index (κ2) is 6.80. The van der Waals surface area contributed by atoms with Crippen LogP contribution in [0.2, 0.25) is 5.02 Å². The third-order valence-corrected chi connectivity index (χ3v) is 3.89. The van der Waals surface area contributed by atoms with Crippen molar-refractivity contribution in [2.24, 2.45) is 0 Å². The highest BCUT2D eigenvalue weighted by atomic mass is 35.5. The SMILES string of the molecule is O=C(O)c1ccccc1-c1nnc(-c2cc([N+](=O)[O-])cc([N+](=O)[O-])c2Cl)o1. The van der Waals surface area contributed by atoms with Crippen LogP contribution in [0.25, 0.3) is 22.9 Å². The largest absolute Gasteiger partial charge is 0.478 e. The van der Waals surface area contributed by atoms with Crippen LogP contribution >= 0.6 is 11.6 Å². The highest BCUT2D eigenvalue weighted by Gasteiger charge is 2.27. The van der Waals surface area contributed by atoms with E-state index in [2.05, 4.69) is 10.2 Å². The van der Waals surface area contributed by atoms with Gasteiger partial charge in [-0.25, -0.2) is 4.79 Å². The van der Waals surface area contributed by atoms with E-state index in [4.69, 9.17) is 16.0 Å². The van der Waals surface area contributed by atoms with Gasteiger partial charge in [0.2, 0.25) is 11.8 Å². The Morgan fingerprint density at radius 1 is 1.04 bits per heavy atom. The van der Waals surface area contributed by atoms with Crippen molar-refractivity contribution in [1.29, 1.82) is 0 Å². The molecule has 27 heavy (non-hydrogen) atoms. The second-order valence-corrected chi connectivity index (χ2v) is 5.48. The van der Waals surface area contributed by atoms with E-state index in [0.717, 1.165) is 6.07 Å². The molecule has 1 aromatic heterocycles. The number of aromatic carboxylic acids is 1. The van der Waals surface area contributed by atoms with E-state index in [9.17, 15) is 30.1 Å². The molecule has 0 spiro atoms. The zero-order valence-corrected chi connectivity index (χ0v) is 13.8. The molecule has 11 nitrogen and oxygen atoms in total. The molecule has 0 fully saturated rings. The van der Waals surface area contributed by atoms with Crippen molar-refractivity contribution in [2.75, 3.05) is 0 Å². The number of nitro groups is 2. The first-order chi connectivity index (χ1) is 12.8. The van der Waals surface area contributed by atoms with Crippen LogP contribution in [-0.4, -0.2) is 31.1 Å². The minimum Gasteiger partial charge on any atom is -0.478 e. The third-order valence-electron chi connectivity index (χ3n) is 3.49. The van der Waals surface area contributed by atoms with Gasteiger partial charge in [0.25, 0.3) is 11.4 Å². The number of carboxylic acid groups (broad SMARTS) is 1. The first-order valence-electron chi connectivity index (χ1n) is 7.08. The number of non-ortho nitro benzene ring substituents is 1. The van der Waals surface area contributed by atoms with E-state index in [1.54, 1.807) is 6.07 Å². The lowest BCUT2D eigenvalue weighted by Crippen LogP contribution is -1.99. The number of hydrogen-bond donors (Lipinski definition) is 1. The summed E-state index contributed by atoms with van der Waals surface area (Å²) in [6.45, 7) is 0. The van der Waals surface area contributed by atoms with Crippen molar-refractivity contribution in [2.45, 2.75) is 0 Å². The number of nitrogens with zero attached hydrogens (tertiary/aromatic N) is 4. The van der Waals surface area contributed by atoms with Crippen LogP contribution < -0.4 is 0 Å². The maximum absolute atomic E-state index is 11.3. The summed E-state index contributed by atoms with van der Waals surface area (Å²) in [5.74, 6) is -1.75. The van der Waals surface area contributed by atoms with Crippen molar-refractivity contribution in [3.05, 3.63) is 67.2 Å². The Balaban J connectivity index is 2.17. The summed E-state index contributed by atoms with van der Waals surface area (Å²) >= 11 is 5.97. The van der Waals surface area contributed by atoms with E-state index < -0.39 is 32.2 Å². The van der Waals surface area contributed by atoms with Gasteiger partial charge in [-0.2, -0.15) is 0 Å². The lowest BCUT2D eigenvalue weighted by molar-refractivity contribution is -0.394. The van der Waals surface area contributed by atoms with E-state index in [-0.39, 0.29) is 28.5 Å². The summed E-state index contributed by atoms with van der Waals surface area (Å²) in [4.78, 5) is 31.7. The lowest BCUT2D eigenvalue weighted by atomic mass is 10.1. The van der Waals surface area contributed by atoms with Gasteiger partial charge in [0.05, 0.1) is 32.6 Å².